The lowest BCUT2D eigenvalue weighted by Gasteiger charge is -2.43. The molecule has 4 rings (SSSR count). The summed E-state index contributed by atoms with van der Waals surface area (Å²) < 4.78 is 0. The lowest BCUT2D eigenvalue weighted by molar-refractivity contribution is -0.137. The summed E-state index contributed by atoms with van der Waals surface area (Å²) in [5, 5.41) is 6.20. The second kappa shape index (κ2) is 12.3. The van der Waals surface area contributed by atoms with Crippen LogP contribution in [0.25, 0.3) is 0 Å². The summed E-state index contributed by atoms with van der Waals surface area (Å²) in [6.07, 6.45) is 3.33. The third-order valence-corrected chi connectivity index (χ3v) is 8.67. The summed E-state index contributed by atoms with van der Waals surface area (Å²) >= 11 is 0. The summed E-state index contributed by atoms with van der Waals surface area (Å²) in [7, 11) is 1.69. The predicted octanol–water partition coefficient (Wildman–Crippen LogP) is 1.88. The number of hydrogen-bond donors (Lipinski definition) is 2. The molecule has 3 aliphatic rings. The van der Waals surface area contributed by atoms with Crippen molar-refractivity contribution in [3.05, 3.63) is 35.9 Å². The summed E-state index contributed by atoms with van der Waals surface area (Å²) in [4.78, 5) is 58.0. The minimum Gasteiger partial charge on any atom is -0.356 e. The van der Waals surface area contributed by atoms with Crippen molar-refractivity contribution >= 4 is 23.6 Å². The molecular formula is C29H43N5O4. The van der Waals surface area contributed by atoms with Crippen molar-refractivity contribution in [2.75, 3.05) is 46.3 Å². The van der Waals surface area contributed by atoms with Crippen LogP contribution in [0.5, 0.6) is 0 Å². The maximum atomic E-state index is 13.1. The highest BCUT2D eigenvalue weighted by molar-refractivity contribution is 5.94. The van der Waals surface area contributed by atoms with E-state index in [9.17, 15) is 19.2 Å². The molecule has 208 valence electrons. The molecule has 3 heterocycles. The molecule has 38 heavy (non-hydrogen) atoms. The van der Waals surface area contributed by atoms with Gasteiger partial charge < -0.3 is 25.3 Å². The summed E-state index contributed by atoms with van der Waals surface area (Å²) in [6.45, 7) is 7.69. The Morgan fingerprint density at radius 3 is 2.37 bits per heavy atom. The Bertz CT molecular complexity index is 1010. The molecule has 0 bridgehead atoms. The molecule has 3 saturated heterocycles. The molecule has 1 spiro atoms. The Morgan fingerprint density at radius 2 is 1.68 bits per heavy atom. The zero-order valence-corrected chi connectivity index (χ0v) is 23.1. The van der Waals surface area contributed by atoms with Gasteiger partial charge in [0.15, 0.2) is 0 Å². The van der Waals surface area contributed by atoms with Crippen molar-refractivity contribution < 1.29 is 19.2 Å². The molecule has 3 aliphatic heterocycles. The lowest BCUT2D eigenvalue weighted by Crippen LogP contribution is -2.59. The average molecular weight is 526 g/mol. The quantitative estimate of drug-likeness (QED) is 0.614. The highest BCUT2D eigenvalue weighted by atomic mass is 16.2. The van der Waals surface area contributed by atoms with Crippen molar-refractivity contribution in [3.63, 3.8) is 0 Å². The van der Waals surface area contributed by atoms with E-state index in [2.05, 4.69) is 29.4 Å². The fourth-order valence-corrected chi connectivity index (χ4v) is 6.21. The van der Waals surface area contributed by atoms with Gasteiger partial charge in [-0.2, -0.15) is 0 Å². The number of nitrogens with one attached hydrogen (secondary N) is 2. The van der Waals surface area contributed by atoms with Gasteiger partial charge in [0.2, 0.25) is 17.7 Å². The number of likely N-dealkylation sites (tertiary alicyclic amines) is 2. The number of piperidine rings is 2. The first-order valence-corrected chi connectivity index (χ1v) is 14.1. The van der Waals surface area contributed by atoms with E-state index in [1.807, 2.05) is 18.2 Å². The van der Waals surface area contributed by atoms with Crippen molar-refractivity contribution in [2.45, 2.75) is 64.0 Å². The number of hydrogen-bond acceptors (Lipinski definition) is 5. The van der Waals surface area contributed by atoms with Gasteiger partial charge in [-0.3, -0.25) is 19.2 Å². The van der Waals surface area contributed by atoms with Crippen LogP contribution in [0.3, 0.4) is 0 Å². The number of carbonyl (C=O) groups is 4. The first-order chi connectivity index (χ1) is 18.2. The van der Waals surface area contributed by atoms with E-state index < -0.39 is 5.54 Å². The number of nitrogens with zero attached hydrogens (tertiary/aromatic N) is 3. The zero-order chi connectivity index (χ0) is 27.3. The van der Waals surface area contributed by atoms with Gasteiger partial charge in [0.1, 0.15) is 0 Å². The maximum Gasteiger partial charge on any atom is 0.253 e. The number of carbonyl (C=O) groups excluding carboxylic acids is 4. The van der Waals surface area contributed by atoms with Crippen LogP contribution < -0.4 is 10.6 Å². The fraction of sp³-hybridized carbons (Fsp3) is 0.655. The number of fused-ring (bicyclic) bond motifs is 1. The molecular weight excluding hydrogens is 482 g/mol. The van der Waals surface area contributed by atoms with Crippen LogP contribution in [-0.2, 0) is 14.4 Å². The second-order valence-electron chi connectivity index (χ2n) is 11.7. The number of benzene rings is 1. The Hall–Kier alpha value is -2.94. The van der Waals surface area contributed by atoms with Crippen molar-refractivity contribution in [2.24, 2.45) is 11.8 Å². The van der Waals surface area contributed by atoms with Crippen LogP contribution >= 0.6 is 0 Å². The summed E-state index contributed by atoms with van der Waals surface area (Å²) in [5.41, 5.74) is -0.113. The molecule has 0 aromatic heterocycles. The normalized spacial score (nSPS) is 25.9. The van der Waals surface area contributed by atoms with Crippen LogP contribution in [0.2, 0.25) is 0 Å². The SMILES string of the molecule is CC(C)N1CC[C@H]2CC(=O)N(C)CC(=O)NC3(CCN(C(=O)c4ccccc4)CC3)CC(=O)NCC[C@H]2C1. The molecule has 9 nitrogen and oxygen atoms in total. The Kier molecular flexibility index (Phi) is 9.07. The van der Waals surface area contributed by atoms with E-state index in [0.717, 1.165) is 25.9 Å². The molecule has 0 saturated carbocycles. The van der Waals surface area contributed by atoms with E-state index in [0.29, 0.717) is 56.4 Å². The Balaban J connectivity index is 1.45. The molecule has 3 fully saturated rings. The highest BCUT2D eigenvalue weighted by Gasteiger charge is 2.40. The van der Waals surface area contributed by atoms with E-state index in [1.165, 1.54) is 4.90 Å². The van der Waals surface area contributed by atoms with Gasteiger partial charge >= 0.3 is 0 Å². The second-order valence-corrected chi connectivity index (χ2v) is 11.7. The molecule has 9 heteroatoms. The molecule has 0 unspecified atom stereocenters. The maximum absolute atomic E-state index is 13.1. The molecule has 0 aliphatic carbocycles. The number of rotatable bonds is 2. The van der Waals surface area contributed by atoms with Gasteiger partial charge in [-0.1, -0.05) is 18.2 Å². The minimum absolute atomic E-state index is 0.00781. The smallest absolute Gasteiger partial charge is 0.253 e. The monoisotopic (exact) mass is 525 g/mol. The fourth-order valence-electron chi connectivity index (χ4n) is 6.21. The van der Waals surface area contributed by atoms with Gasteiger partial charge in [0.25, 0.3) is 5.91 Å². The third-order valence-electron chi connectivity index (χ3n) is 8.67. The van der Waals surface area contributed by atoms with Crippen molar-refractivity contribution in [1.29, 1.82) is 0 Å². The molecule has 1 aromatic rings. The van der Waals surface area contributed by atoms with Crippen molar-refractivity contribution in [1.82, 2.24) is 25.3 Å². The Labute approximate surface area is 226 Å². The molecule has 0 radical (unpaired) electrons. The van der Waals surface area contributed by atoms with Gasteiger partial charge in [-0.15, -0.1) is 0 Å². The first-order valence-electron chi connectivity index (χ1n) is 14.1. The number of amides is 4. The van der Waals surface area contributed by atoms with E-state index in [-0.39, 0.29) is 42.5 Å². The number of likely N-dealkylation sites (N-methyl/N-ethyl adjacent to an activating group) is 1. The largest absolute Gasteiger partial charge is 0.356 e. The predicted molar refractivity (Wildman–Crippen MR) is 145 cm³/mol. The van der Waals surface area contributed by atoms with Crippen LogP contribution in [-0.4, -0.2) is 96.2 Å². The summed E-state index contributed by atoms with van der Waals surface area (Å²) in [6, 6.07) is 9.60. The van der Waals surface area contributed by atoms with Crippen molar-refractivity contribution in [3.8, 4) is 0 Å². The Morgan fingerprint density at radius 1 is 0.974 bits per heavy atom. The van der Waals surface area contributed by atoms with E-state index in [4.69, 9.17) is 0 Å². The van der Waals surface area contributed by atoms with Crippen LogP contribution in [0, 0.1) is 11.8 Å². The van der Waals surface area contributed by atoms with E-state index >= 15 is 0 Å². The van der Waals surface area contributed by atoms with Gasteiger partial charge in [-0.05, 0) is 70.0 Å². The van der Waals surface area contributed by atoms with Crippen LogP contribution in [0.15, 0.2) is 30.3 Å². The van der Waals surface area contributed by atoms with Gasteiger partial charge in [-0.25, -0.2) is 0 Å². The lowest BCUT2D eigenvalue weighted by atomic mass is 9.80. The minimum atomic E-state index is -0.746. The van der Waals surface area contributed by atoms with Crippen LogP contribution in [0.4, 0.5) is 0 Å². The van der Waals surface area contributed by atoms with E-state index in [1.54, 1.807) is 24.1 Å². The standard InChI is InChI=1S/C29H43N5O4/c1-21(2)34-14-10-23-17-27(37)32(3)20-26(36)31-29(18-25(35)30-13-9-24(23)19-34)11-15-33(16-12-29)28(38)22-7-5-4-6-8-22/h4-8,21,23-24H,9-20H2,1-3H3,(H,30,35)(H,31,36)/t23-,24-/m0/s1. The highest BCUT2D eigenvalue weighted by Crippen LogP contribution is 2.31. The first kappa shape index (κ1) is 28.1. The zero-order valence-electron chi connectivity index (χ0n) is 23.1. The molecule has 4 amide bonds. The summed E-state index contributed by atoms with van der Waals surface area (Å²) in [5.74, 6) is 0.177. The topological polar surface area (TPSA) is 102 Å². The molecule has 1 aromatic carbocycles. The third kappa shape index (κ3) is 6.92. The molecule has 2 N–H and O–H groups in total. The van der Waals surface area contributed by atoms with Crippen LogP contribution in [0.1, 0.15) is 62.7 Å². The van der Waals surface area contributed by atoms with Gasteiger partial charge in [0, 0.05) is 57.7 Å². The van der Waals surface area contributed by atoms with Gasteiger partial charge in [0.05, 0.1) is 12.1 Å². The average Bonchev–Trinajstić information content (AvgIpc) is 2.89. The molecule has 2 atom stereocenters.